The van der Waals surface area contributed by atoms with Crippen molar-refractivity contribution in [1.82, 2.24) is 20.9 Å². The van der Waals surface area contributed by atoms with E-state index in [0.717, 1.165) is 25.9 Å². The quantitative estimate of drug-likeness (QED) is 0.636. The smallest absolute Gasteiger partial charge is 0.239 e. The molecule has 1 atom stereocenters. The van der Waals surface area contributed by atoms with Crippen LogP contribution in [0.4, 0.5) is 0 Å². The zero-order chi connectivity index (χ0) is 14.8. The molecule has 0 aromatic rings. The molecule has 0 spiro atoms. The van der Waals surface area contributed by atoms with Gasteiger partial charge in [-0.25, -0.2) is 0 Å². The van der Waals surface area contributed by atoms with E-state index in [-0.39, 0.29) is 36.0 Å². The van der Waals surface area contributed by atoms with E-state index < -0.39 is 0 Å². The van der Waals surface area contributed by atoms with Crippen molar-refractivity contribution in [3.8, 4) is 0 Å². The number of carbonyl (C=O) groups excluding carboxylic acids is 2. The highest BCUT2D eigenvalue weighted by Gasteiger charge is 2.30. The molecule has 114 valence electrons. The average molecular weight is 282 g/mol. The second-order valence-corrected chi connectivity index (χ2v) is 6.68. The summed E-state index contributed by atoms with van der Waals surface area (Å²) in [5.41, 5.74) is 0.199. The minimum atomic E-state index is -0.298. The highest BCUT2D eigenvalue weighted by atomic mass is 16.2. The summed E-state index contributed by atoms with van der Waals surface area (Å²) in [5.74, 6) is -0.0493. The van der Waals surface area contributed by atoms with Crippen LogP contribution in [0.3, 0.4) is 0 Å². The van der Waals surface area contributed by atoms with Crippen LogP contribution in [0.15, 0.2) is 0 Å². The monoisotopic (exact) mass is 282 g/mol. The lowest BCUT2D eigenvalue weighted by molar-refractivity contribution is -0.127. The van der Waals surface area contributed by atoms with Crippen LogP contribution in [0.5, 0.6) is 0 Å². The third-order valence-corrected chi connectivity index (χ3v) is 4.12. The lowest BCUT2D eigenvalue weighted by Gasteiger charge is -2.41. The average Bonchev–Trinajstić information content (AvgIpc) is 2.39. The number of hydrogen-bond acceptors (Lipinski definition) is 4. The maximum atomic E-state index is 12.1. The predicted molar refractivity (Wildman–Crippen MR) is 77.3 cm³/mol. The molecule has 20 heavy (non-hydrogen) atoms. The van der Waals surface area contributed by atoms with E-state index in [1.165, 1.54) is 0 Å². The molecule has 0 saturated carbocycles. The Morgan fingerprint density at radius 2 is 1.95 bits per heavy atom. The second kappa shape index (κ2) is 6.10. The van der Waals surface area contributed by atoms with Gasteiger partial charge >= 0.3 is 0 Å². The van der Waals surface area contributed by atoms with Crippen LogP contribution < -0.4 is 16.0 Å². The fraction of sp³-hybridized carbons (Fsp3) is 0.857. The van der Waals surface area contributed by atoms with Crippen LogP contribution >= 0.6 is 0 Å². The minimum absolute atomic E-state index is 0.000733. The Bertz CT molecular complexity index is 360. The van der Waals surface area contributed by atoms with Crippen molar-refractivity contribution in [2.24, 2.45) is 0 Å². The first-order valence-corrected chi connectivity index (χ1v) is 7.42. The largest absolute Gasteiger partial charge is 0.353 e. The standard InChI is InChI=1S/C14H26N4O2/c1-14(2,3)18-6-4-10(5-7-18)17-13(20)11-8-16-12(19)9-15-11/h10-11,15H,4-9H2,1-3H3,(H,16,19)(H,17,20). The molecule has 3 N–H and O–H groups in total. The topological polar surface area (TPSA) is 73.5 Å². The third-order valence-electron chi connectivity index (χ3n) is 4.12. The van der Waals surface area contributed by atoms with Gasteiger partial charge in [0.15, 0.2) is 0 Å². The molecular weight excluding hydrogens is 256 g/mol. The molecule has 0 aromatic heterocycles. The van der Waals surface area contributed by atoms with E-state index >= 15 is 0 Å². The summed E-state index contributed by atoms with van der Waals surface area (Å²) in [7, 11) is 0. The summed E-state index contributed by atoms with van der Waals surface area (Å²) < 4.78 is 0. The van der Waals surface area contributed by atoms with Gasteiger partial charge in [0.1, 0.15) is 6.04 Å². The molecule has 2 heterocycles. The zero-order valence-electron chi connectivity index (χ0n) is 12.7. The summed E-state index contributed by atoms with van der Waals surface area (Å²) in [6.45, 7) is 9.31. The Balaban J connectivity index is 1.75. The molecule has 1 unspecified atom stereocenters. The Kier molecular flexibility index (Phi) is 4.65. The fourth-order valence-electron chi connectivity index (χ4n) is 2.75. The molecular formula is C14H26N4O2. The fourth-order valence-corrected chi connectivity index (χ4v) is 2.75. The van der Waals surface area contributed by atoms with Gasteiger partial charge in [0, 0.05) is 31.2 Å². The summed E-state index contributed by atoms with van der Waals surface area (Å²) in [5, 5.41) is 8.76. The van der Waals surface area contributed by atoms with Gasteiger partial charge in [-0.1, -0.05) is 0 Å². The van der Waals surface area contributed by atoms with Crippen molar-refractivity contribution in [2.45, 2.75) is 51.2 Å². The Labute approximate surface area is 120 Å². The number of likely N-dealkylation sites (tertiary alicyclic amines) is 1. The molecule has 2 amide bonds. The molecule has 0 aromatic carbocycles. The highest BCUT2D eigenvalue weighted by Crippen LogP contribution is 2.20. The van der Waals surface area contributed by atoms with Crippen LogP contribution in [0.2, 0.25) is 0 Å². The van der Waals surface area contributed by atoms with E-state index in [4.69, 9.17) is 0 Å². The number of amides is 2. The van der Waals surface area contributed by atoms with E-state index in [0.29, 0.717) is 6.54 Å². The predicted octanol–water partition coefficient (Wildman–Crippen LogP) is -0.546. The molecule has 6 heteroatoms. The first kappa shape index (κ1) is 15.3. The molecule has 2 rings (SSSR count). The van der Waals surface area contributed by atoms with E-state index in [1.54, 1.807) is 0 Å². The number of nitrogens with one attached hydrogen (secondary N) is 3. The zero-order valence-corrected chi connectivity index (χ0v) is 12.7. The molecule has 6 nitrogen and oxygen atoms in total. The molecule has 2 fully saturated rings. The van der Waals surface area contributed by atoms with Gasteiger partial charge in [-0.05, 0) is 33.6 Å². The van der Waals surface area contributed by atoms with Gasteiger partial charge in [-0.15, -0.1) is 0 Å². The van der Waals surface area contributed by atoms with Gasteiger partial charge in [-0.2, -0.15) is 0 Å². The van der Waals surface area contributed by atoms with Crippen LogP contribution in [-0.2, 0) is 9.59 Å². The molecule has 2 aliphatic rings. The van der Waals surface area contributed by atoms with Crippen molar-refractivity contribution in [2.75, 3.05) is 26.2 Å². The Morgan fingerprint density at radius 3 is 2.45 bits per heavy atom. The number of hydrogen-bond donors (Lipinski definition) is 3. The van der Waals surface area contributed by atoms with Crippen LogP contribution in [0, 0.1) is 0 Å². The third kappa shape index (κ3) is 3.93. The number of piperazine rings is 1. The number of nitrogens with zero attached hydrogens (tertiary/aromatic N) is 1. The first-order valence-electron chi connectivity index (χ1n) is 7.42. The Hall–Kier alpha value is -1.14. The van der Waals surface area contributed by atoms with E-state index in [2.05, 4.69) is 41.6 Å². The van der Waals surface area contributed by atoms with E-state index in [1.807, 2.05) is 0 Å². The minimum Gasteiger partial charge on any atom is -0.353 e. The Morgan fingerprint density at radius 1 is 1.30 bits per heavy atom. The lowest BCUT2D eigenvalue weighted by Crippen LogP contribution is -2.60. The lowest BCUT2D eigenvalue weighted by atomic mass is 9.98. The second-order valence-electron chi connectivity index (χ2n) is 6.68. The molecule has 0 bridgehead atoms. The van der Waals surface area contributed by atoms with Crippen LogP contribution in [0.25, 0.3) is 0 Å². The summed E-state index contributed by atoms with van der Waals surface area (Å²) >= 11 is 0. The van der Waals surface area contributed by atoms with Gasteiger partial charge in [0.2, 0.25) is 11.8 Å². The molecule has 0 aliphatic carbocycles. The van der Waals surface area contributed by atoms with Gasteiger partial charge in [0.05, 0.1) is 6.54 Å². The SMILES string of the molecule is CC(C)(C)N1CCC(NC(=O)C2CNC(=O)CN2)CC1. The van der Waals surface area contributed by atoms with Gasteiger partial charge in [-0.3, -0.25) is 19.8 Å². The van der Waals surface area contributed by atoms with Crippen molar-refractivity contribution in [3.63, 3.8) is 0 Å². The maximum Gasteiger partial charge on any atom is 0.239 e. The van der Waals surface area contributed by atoms with Crippen molar-refractivity contribution in [3.05, 3.63) is 0 Å². The summed E-state index contributed by atoms with van der Waals surface area (Å²) in [6, 6.07) is -0.0473. The van der Waals surface area contributed by atoms with Crippen molar-refractivity contribution >= 4 is 11.8 Å². The molecule has 2 aliphatic heterocycles. The van der Waals surface area contributed by atoms with Crippen molar-refractivity contribution < 1.29 is 9.59 Å². The van der Waals surface area contributed by atoms with Crippen LogP contribution in [0.1, 0.15) is 33.6 Å². The first-order chi connectivity index (χ1) is 9.36. The normalized spacial score (nSPS) is 26.1. The number of piperidine rings is 1. The van der Waals surface area contributed by atoms with E-state index in [9.17, 15) is 9.59 Å². The maximum absolute atomic E-state index is 12.1. The summed E-state index contributed by atoms with van der Waals surface area (Å²) in [4.78, 5) is 25.6. The number of rotatable bonds is 2. The van der Waals surface area contributed by atoms with Gasteiger partial charge < -0.3 is 10.6 Å². The van der Waals surface area contributed by atoms with Crippen molar-refractivity contribution in [1.29, 1.82) is 0 Å². The van der Waals surface area contributed by atoms with Gasteiger partial charge in [0.25, 0.3) is 0 Å². The molecule has 2 saturated heterocycles. The molecule has 0 radical (unpaired) electrons. The summed E-state index contributed by atoms with van der Waals surface area (Å²) in [6.07, 6.45) is 1.98. The highest BCUT2D eigenvalue weighted by molar-refractivity contribution is 5.86. The van der Waals surface area contributed by atoms with Crippen LogP contribution in [-0.4, -0.2) is 60.5 Å². The number of carbonyl (C=O) groups is 2.